The van der Waals surface area contributed by atoms with Crippen molar-refractivity contribution in [1.82, 2.24) is 15.0 Å². The second kappa shape index (κ2) is 8.32. The molecule has 5 aromatic rings. The highest BCUT2D eigenvalue weighted by Crippen LogP contribution is 2.31. The molecule has 3 aromatic carbocycles. The van der Waals surface area contributed by atoms with E-state index in [1.807, 2.05) is 30.3 Å². The molecule has 0 fully saturated rings. The lowest BCUT2D eigenvalue weighted by molar-refractivity contribution is 0.628. The molecule has 0 bridgehead atoms. The highest BCUT2D eigenvalue weighted by molar-refractivity contribution is 6.31. The minimum absolute atomic E-state index is 0.00855. The van der Waals surface area contributed by atoms with Gasteiger partial charge in [0.15, 0.2) is 5.82 Å². The molecule has 4 nitrogen and oxygen atoms in total. The van der Waals surface area contributed by atoms with Gasteiger partial charge in [-0.1, -0.05) is 29.8 Å². The molecule has 0 saturated heterocycles. The fraction of sp³-hybridized carbons (Fsp3) is 0. The summed E-state index contributed by atoms with van der Waals surface area (Å²) in [6.07, 6.45) is 3.35. The molecule has 0 spiro atoms. The van der Waals surface area contributed by atoms with Crippen LogP contribution in [0.4, 0.5) is 20.3 Å². The van der Waals surface area contributed by atoms with Crippen molar-refractivity contribution in [2.75, 3.05) is 5.32 Å². The SMILES string of the molecule is Fc1cccc(-c2ccc3c(Nc4ccc(F)c(Cl)c4)nc(-c4cccnc4)nc3c2)c1. The lowest BCUT2D eigenvalue weighted by Gasteiger charge is -2.13. The second-order valence-electron chi connectivity index (χ2n) is 7.13. The standard InChI is InChI=1S/C25H15ClF2N4/c26-21-13-19(7-9-22(21)28)30-25-20-8-6-16(15-3-1-5-18(27)11-15)12-23(20)31-24(32-25)17-4-2-10-29-14-17/h1-14H,(H,30,31,32). The van der Waals surface area contributed by atoms with E-state index in [2.05, 4.69) is 15.3 Å². The van der Waals surface area contributed by atoms with Crippen molar-refractivity contribution < 1.29 is 8.78 Å². The Kier molecular flexibility index (Phi) is 5.21. The molecular weight excluding hydrogens is 430 g/mol. The van der Waals surface area contributed by atoms with Gasteiger partial charge in [-0.15, -0.1) is 0 Å². The van der Waals surface area contributed by atoms with Crippen LogP contribution in [0.5, 0.6) is 0 Å². The van der Waals surface area contributed by atoms with Crippen molar-refractivity contribution in [2.24, 2.45) is 0 Å². The van der Waals surface area contributed by atoms with Gasteiger partial charge in [0.05, 0.1) is 10.5 Å². The molecule has 7 heteroatoms. The van der Waals surface area contributed by atoms with Crippen LogP contribution in [0.2, 0.25) is 5.02 Å². The third-order valence-electron chi connectivity index (χ3n) is 4.96. The van der Waals surface area contributed by atoms with Crippen LogP contribution in [0.3, 0.4) is 0 Å². The molecule has 1 N–H and O–H groups in total. The molecule has 0 aliphatic rings. The van der Waals surface area contributed by atoms with Gasteiger partial charge in [0.25, 0.3) is 0 Å². The Labute approximate surface area is 187 Å². The van der Waals surface area contributed by atoms with Crippen LogP contribution in [0.1, 0.15) is 0 Å². The van der Waals surface area contributed by atoms with Crippen molar-refractivity contribution in [1.29, 1.82) is 0 Å². The zero-order valence-electron chi connectivity index (χ0n) is 16.6. The lowest BCUT2D eigenvalue weighted by Crippen LogP contribution is -2.00. The zero-order valence-corrected chi connectivity index (χ0v) is 17.3. The predicted molar refractivity (Wildman–Crippen MR) is 123 cm³/mol. The Morgan fingerprint density at radius 2 is 1.62 bits per heavy atom. The third-order valence-corrected chi connectivity index (χ3v) is 5.25. The molecule has 0 atom stereocenters. The summed E-state index contributed by atoms with van der Waals surface area (Å²) in [7, 11) is 0. The molecule has 5 rings (SSSR count). The Hall–Kier alpha value is -3.90. The van der Waals surface area contributed by atoms with Crippen molar-refractivity contribution >= 4 is 34.0 Å². The molecule has 0 radical (unpaired) electrons. The average molecular weight is 445 g/mol. The first-order valence-corrected chi connectivity index (χ1v) is 10.1. The largest absolute Gasteiger partial charge is 0.340 e. The van der Waals surface area contributed by atoms with Gasteiger partial charge >= 0.3 is 0 Å². The van der Waals surface area contributed by atoms with Crippen molar-refractivity contribution in [3.8, 4) is 22.5 Å². The van der Waals surface area contributed by atoms with Gasteiger partial charge in [-0.25, -0.2) is 18.7 Å². The second-order valence-corrected chi connectivity index (χ2v) is 7.54. The number of nitrogens with one attached hydrogen (secondary N) is 1. The Morgan fingerprint density at radius 1 is 0.781 bits per heavy atom. The summed E-state index contributed by atoms with van der Waals surface area (Å²) in [4.78, 5) is 13.5. The van der Waals surface area contributed by atoms with Crippen LogP contribution in [0, 0.1) is 11.6 Å². The van der Waals surface area contributed by atoms with E-state index in [0.717, 1.165) is 22.1 Å². The van der Waals surface area contributed by atoms with E-state index < -0.39 is 5.82 Å². The summed E-state index contributed by atoms with van der Waals surface area (Å²) >= 11 is 5.94. The number of hydrogen-bond donors (Lipinski definition) is 1. The molecule has 0 amide bonds. The van der Waals surface area contributed by atoms with Gasteiger partial charge in [0.1, 0.15) is 17.5 Å². The van der Waals surface area contributed by atoms with E-state index in [4.69, 9.17) is 16.6 Å². The van der Waals surface area contributed by atoms with E-state index in [0.29, 0.717) is 22.8 Å². The quantitative estimate of drug-likeness (QED) is 0.323. The Morgan fingerprint density at radius 3 is 2.41 bits per heavy atom. The number of rotatable bonds is 4. The number of aromatic nitrogens is 3. The minimum atomic E-state index is -0.499. The molecule has 32 heavy (non-hydrogen) atoms. The van der Waals surface area contributed by atoms with Crippen LogP contribution in [0.15, 0.2) is 85.2 Å². The summed E-state index contributed by atoms with van der Waals surface area (Å²) < 4.78 is 27.3. The van der Waals surface area contributed by atoms with Crippen molar-refractivity contribution in [2.45, 2.75) is 0 Å². The smallest absolute Gasteiger partial charge is 0.163 e. The Balaban J connectivity index is 1.67. The predicted octanol–water partition coefficient (Wildman–Crippen LogP) is 7.03. The van der Waals surface area contributed by atoms with Crippen molar-refractivity contribution in [3.63, 3.8) is 0 Å². The van der Waals surface area contributed by atoms with Crippen LogP contribution in [-0.2, 0) is 0 Å². The molecule has 156 valence electrons. The first-order valence-electron chi connectivity index (χ1n) is 9.77. The summed E-state index contributed by atoms with van der Waals surface area (Å²) in [5.74, 6) is 0.192. The topological polar surface area (TPSA) is 50.7 Å². The van der Waals surface area contributed by atoms with Gasteiger partial charge in [0, 0.05) is 29.0 Å². The third kappa shape index (κ3) is 4.00. The van der Waals surface area contributed by atoms with Crippen LogP contribution in [-0.4, -0.2) is 15.0 Å². The Bertz CT molecular complexity index is 1440. The summed E-state index contributed by atoms with van der Waals surface area (Å²) in [6.45, 7) is 0. The first-order chi connectivity index (χ1) is 15.6. The van der Waals surface area contributed by atoms with Gasteiger partial charge in [-0.05, 0) is 65.7 Å². The number of benzene rings is 3. The molecule has 0 unspecified atom stereocenters. The maximum absolute atomic E-state index is 13.7. The van der Waals surface area contributed by atoms with E-state index in [1.54, 1.807) is 30.6 Å². The first kappa shape index (κ1) is 20.0. The van der Waals surface area contributed by atoms with Gasteiger partial charge in [0.2, 0.25) is 0 Å². The van der Waals surface area contributed by atoms with Gasteiger partial charge in [-0.3, -0.25) is 4.98 Å². The number of hydrogen-bond acceptors (Lipinski definition) is 4. The fourth-order valence-corrected chi connectivity index (χ4v) is 3.59. The molecule has 2 heterocycles. The van der Waals surface area contributed by atoms with Gasteiger partial charge in [-0.2, -0.15) is 0 Å². The monoisotopic (exact) mass is 444 g/mol. The maximum Gasteiger partial charge on any atom is 0.163 e. The number of pyridine rings is 1. The lowest BCUT2D eigenvalue weighted by atomic mass is 10.0. The maximum atomic E-state index is 13.7. The van der Waals surface area contributed by atoms with E-state index in [1.165, 1.54) is 24.3 Å². The number of anilines is 2. The summed E-state index contributed by atoms with van der Waals surface area (Å²) in [5.41, 5.74) is 3.56. The molecule has 0 aliphatic heterocycles. The average Bonchev–Trinajstić information content (AvgIpc) is 2.81. The zero-order chi connectivity index (χ0) is 22.1. The fourth-order valence-electron chi connectivity index (χ4n) is 3.41. The molecule has 0 aliphatic carbocycles. The molecule has 0 saturated carbocycles. The molecular formula is C25H15ClF2N4. The number of nitrogens with zero attached hydrogens (tertiary/aromatic N) is 3. The van der Waals surface area contributed by atoms with E-state index >= 15 is 0 Å². The normalized spacial score (nSPS) is 11.0. The van der Waals surface area contributed by atoms with Crippen LogP contribution in [0.25, 0.3) is 33.4 Å². The van der Waals surface area contributed by atoms with Crippen molar-refractivity contribution in [3.05, 3.63) is 102 Å². The molecule has 2 aromatic heterocycles. The van der Waals surface area contributed by atoms with Crippen LogP contribution >= 0.6 is 11.6 Å². The summed E-state index contributed by atoms with van der Waals surface area (Å²) in [5, 5.41) is 3.97. The highest BCUT2D eigenvalue weighted by atomic mass is 35.5. The number of fused-ring (bicyclic) bond motifs is 1. The van der Waals surface area contributed by atoms with E-state index in [-0.39, 0.29) is 10.8 Å². The minimum Gasteiger partial charge on any atom is -0.340 e. The van der Waals surface area contributed by atoms with E-state index in [9.17, 15) is 8.78 Å². The highest BCUT2D eigenvalue weighted by Gasteiger charge is 2.12. The van der Waals surface area contributed by atoms with Crippen LogP contribution < -0.4 is 5.32 Å². The summed E-state index contributed by atoms with van der Waals surface area (Å²) in [6, 6.07) is 20.1. The number of halogens is 3. The van der Waals surface area contributed by atoms with Gasteiger partial charge < -0.3 is 5.32 Å².